The fourth-order valence-corrected chi connectivity index (χ4v) is 0.663. The molecule has 0 N–H and O–H groups in total. The number of terminal acetylenes is 1. The minimum atomic E-state index is 0.0694. The van der Waals surface area contributed by atoms with Crippen molar-refractivity contribution >= 4 is 0 Å². The second-order valence-corrected chi connectivity index (χ2v) is 3.97. The molecule has 0 nitrogen and oxygen atoms in total. The van der Waals surface area contributed by atoms with Crippen LogP contribution in [0.3, 0.4) is 0 Å². The van der Waals surface area contributed by atoms with Crippen LogP contribution in [0, 0.1) is 17.8 Å². The van der Waals surface area contributed by atoms with Crippen LogP contribution in [0.2, 0.25) is 0 Å². The lowest BCUT2D eigenvalue weighted by Gasteiger charge is -2.10. The smallest absolute Gasteiger partial charge is 0.0227 e. The summed E-state index contributed by atoms with van der Waals surface area (Å²) in [5.74, 6) is 2.60. The highest BCUT2D eigenvalue weighted by molar-refractivity contribution is 5.75. The zero-order valence-corrected chi connectivity index (χ0v) is 7.89. The summed E-state index contributed by atoms with van der Waals surface area (Å²) >= 11 is 0. The first-order chi connectivity index (χ1) is 5.53. The second kappa shape index (κ2) is 3.03. The molecule has 0 fully saturated rings. The fraction of sp³-hybridized carbons (Fsp3) is 0.333. The second-order valence-electron chi connectivity index (χ2n) is 3.97. The van der Waals surface area contributed by atoms with Crippen molar-refractivity contribution in [2.24, 2.45) is 5.41 Å². The van der Waals surface area contributed by atoms with Gasteiger partial charge in [0, 0.05) is 5.41 Å². The van der Waals surface area contributed by atoms with Crippen LogP contribution in [0.1, 0.15) is 20.8 Å². The third-order valence-electron chi connectivity index (χ3n) is 1.65. The molecule has 0 aromatic carbocycles. The Kier molecular flexibility index (Phi) is 2.24. The maximum Gasteiger partial charge on any atom is 0.0227 e. The highest BCUT2D eigenvalue weighted by Gasteiger charge is 2.04. The number of fused-ring (bicyclic) bond motifs is 1. The topological polar surface area (TPSA) is 0 Å². The third kappa shape index (κ3) is 2.13. The van der Waals surface area contributed by atoms with E-state index >= 15 is 0 Å². The number of hydrogen-bond acceptors (Lipinski definition) is 0. The average molecular weight is 158 g/mol. The summed E-state index contributed by atoms with van der Waals surface area (Å²) in [5.41, 5.74) is 2.92. The fourth-order valence-electron chi connectivity index (χ4n) is 0.663. The molecule has 2 aliphatic rings. The molecule has 0 heterocycles. The van der Waals surface area contributed by atoms with Gasteiger partial charge in [0.2, 0.25) is 0 Å². The van der Waals surface area contributed by atoms with E-state index in [1.165, 1.54) is 11.1 Å². The van der Waals surface area contributed by atoms with Crippen LogP contribution < -0.4 is 0 Å². The van der Waals surface area contributed by atoms with E-state index in [9.17, 15) is 0 Å². The van der Waals surface area contributed by atoms with Crippen molar-refractivity contribution in [1.82, 2.24) is 0 Å². The minimum absolute atomic E-state index is 0.0694. The van der Waals surface area contributed by atoms with Gasteiger partial charge in [0.1, 0.15) is 0 Å². The monoisotopic (exact) mass is 158 g/mol. The van der Waals surface area contributed by atoms with E-state index in [0.29, 0.717) is 0 Å². The van der Waals surface area contributed by atoms with E-state index in [1.807, 2.05) is 20.8 Å². The van der Waals surface area contributed by atoms with Crippen LogP contribution in [0.15, 0.2) is 24.3 Å². The SMILES string of the molecule is C#CC(C)(C)C.c1cc2ccc1-2. The molecular weight excluding hydrogens is 144 g/mol. The number of hydrogen-bond donors (Lipinski definition) is 0. The molecule has 0 aliphatic heterocycles. The summed E-state index contributed by atoms with van der Waals surface area (Å²) in [4.78, 5) is 0. The Morgan fingerprint density at radius 2 is 1.25 bits per heavy atom. The van der Waals surface area contributed by atoms with Crippen molar-refractivity contribution in [3.63, 3.8) is 0 Å². The predicted octanol–water partition coefficient (Wildman–Crippen LogP) is 3.33. The molecule has 2 rings (SSSR count). The van der Waals surface area contributed by atoms with Gasteiger partial charge in [-0.15, -0.1) is 12.3 Å². The minimum Gasteiger partial charge on any atom is -0.120 e. The quantitative estimate of drug-likeness (QED) is 0.516. The maximum atomic E-state index is 5.06. The summed E-state index contributed by atoms with van der Waals surface area (Å²) in [7, 11) is 0. The van der Waals surface area contributed by atoms with E-state index in [-0.39, 0.29) is 5.41 Å². The number of benzene rings is 1. The molecular formula is C12H14. The lowest BCUT2D eigenvalue weighted by atomic mass is 9.95. The Morgan fingerprint density at radius 1 is 1.00 bits per heavy atom. The Labute approximate surface area is 74.6 Å². The van der Waals surface area contributed by atoms with Gasteiger partial charge in [-0.05, 0) is 31.9 Å². The highest BCUT2D eigenvalue weighted by atomic mass is 14.1. The Bertz CT molecular complexity index is 269. The van der Waals surface area contributed by atoms with Gasteiger partial charge in [0.05, 0.1) is 0 Å². The van der Waals surface area contributed by atoms with Gasteiger partial charge in [0.15, 0.2) is 0 Å². The lowest BCUT2D eigenvalue weighted by molar-refractivity contribution is 0.571. The van der Waals surface area contributed by atoms with Gasteiger partial charge in [-0.2, -0.15) is 0 Å². The zero-order chi connectivity index (χ0) is 9.19. The van der Waals surface area contributed by atoms with Gasteiger partial charge in [-0.25, -0.2) is 0 Å². The molecule has 0 unspecified atom stereocenters. The first-order valence-electron chi connectivity index (χ1n) is 4.11. The molecule has 0 heteroatoms. The van der Waals surface area contributed by atoms with Gasteiger partial charge >= 0.3 is 0 Å². The van der Waals surface area contributed by atoms with Crippen LogP contribution in [0.4, 0.5) is 0 Å². The molecule has 2 aliphatic carbocycles. The van der Waals surface area contributed by atoms with Crippen molar-refractivity contribution in [3.05, 3.63) is 24.3 Å². The molecule has 0 aromatic rings. The Hall–Kier alpha value is -1.22. The highest BCUT2D eigenvalue weighted by Crippen LogP contribution is 2.29. The zero-order valence-electron chi connectivity index (χ0n) is 7.89. The van der Waals surface area contributed by atoms with Crippen LogP contribution in [-0.4, -0.2) is 0 Å². The summed E-state index contributed by atoms with van der Waals surface area (Å²) < 4.78 is 0. The van der Waals surface area contributed by atoms with E-state index in [4.69, 9.17) is 6.42 Å². The van der Waals surface area contributed by atoms with Crippen LogP contribution in [0.25, 0.3) is 11.1 Å². The van der Waals surface area contributed by atoms with Gasteiger partial charge in [-0.3, -0.25) is 0 Å². The summed E-state index contributed by atoms with van der Waals surface area (Å²) in [6, 6.07) is 8.48. The average Bonchev–Trinajstić information content (AvgIpc) is 1.96. The van der Waals surface area contributed by atoms with Gasteiger partial charge < -0.3 is 0 Å². The summed E-state index contributed by atoms with van der Waals surface area (Å²) in [6.45, 7) is 6.02. The van der Waals surface area contributed by atoms with Gasteiger partial charge in [-0.1, -0.05) is 24.3 Å². The standard InChI is InChI=1S/C6H4.C6H10/c1-2-6-4-3-5(1)6;1-5-6(2,3)4/h1-4H;1H,2-4H3. The maximum absolute atomic E-state index is 5.06. The molecule has 0 saturated carbocycles. The molecule has 62 valence electrons. The van der Waals surface area contributed by atoms with Crippen molar-refractivity contribution in [2.75, 3.05) is 0 Å². The van der Waals surface area contributed by atoms with Crippen molar-refractivity contribution in [3.8, 4) is 23.5 Å². The molecule has 0 amide bonds. The molecule has 0 spiro atoms. The molecule has 0 atom stereocenters. The van der Waals surface area contributed by atoms with E-state index in [0.717, 1.165) is 0 Å². The largest absolute Gasteiger partial charge is 0.120 e. The lowest BCUT2D eigenvalue weighted by Crippen LogP contribution is -1.97. The molecule has 0 bridgehead atoms. The first kappa shape index (κ1) is 8.87. The molecule has 0 saturated heterocycles. The summed E-state index contributed by atoms with van der Waals surface area (Å²) in [5, 5.41) is 0. The van der Waals surface area contributed by atoms with Crippen LogP contribution in [-0.2, 0) is 0 Å². The normalized spacial score (nSPS) is 10.8. The van der Waals surface area contributed by atoms with Crippen molar-refractivity contribution < 1.29 is 0 Å². The first-order valence-corrected chi connectivity index (χ1v) is 4.11. The predicted molar refractivity (Wildman–Crippen MR) is 53.7 cm³/mol. The molecule has 0 aromatic heterocycles. The van der Waals surface area contributed by atoms with Crippen molar-refractivity contribution in [1.29, 1.82) is 0 Å². The summed E-state index contributed by atoms with van der Waals surface area (Å²) in [6.07, 6.45) is 5.06. The van der Waals surface area contributed by atoms with Crippen LogP contribution in [0.5, 0.6) is 0 Å². The Morgan fingerprint density at radius 3 is 1.25 bits per heavy atom. The van der Waals surface area contributed by atoms with Crippen LogP contribution >= 0.6 is 0 Å². The molecule has 12 heavy (non-hydrogen) atoms. The van der Waals surface area contributed by atoms with E-state index in [1.54, 1.807) is 0 Å². The van der Waals surface area contributed by atoms with E-state index < -0.39 is 0 Å². The van der Waals surface area contributed by atoms with E-state index in [2.05, 4.69) is 30.2 Å². The number of rotatable bonds is 0. The molecule has 0 radical (unpaired) electrons. The third-order valence-corrected chi connectivity index (χ3v) is 1.65. The van der Waals surface area contributed by atoms with Crippen molar-refractivity contribution in [2.45, 2.75) is 20.8 Å². The van der Waals surface area contributed by atoms with Gasteiger partial charge in [0.25, 0.3) is 0 Å². The Balaban J connectivity index is 0.000000120.